The second-order valence-electron chi connectivity index (χ2n) is 4.80. The van der Waals surface area contributed by atoms with Crippen LogP contribution in [0.15, 0.2) is 30.7 Å². The van der Waals surface area contributed by atoms with Crippen LogP contribution in [-0.2, 0) is 17.6 Å². The molecule has 0 amide bonds. The van der Waals surface area contributed by atoms with Gasteiger partial charge in [0.2, 0.25) is 0 Å². The first kappa shape index (κ1) is 14.2. The molecule has 0 saturated heterocycles. The number of carbonyl (C=O) groups is 1. The molecule has 0 spiro atoms. The third kappa shape index (κ3) is 3.20. The Hall–Kier alpha value is -2.23. The number of ether oxygens (including phenoxy) is 1. The molecule has 2 heterocycles. The van der Waals surface area contributed by atoms with E-state index in [0.29, 0.717) is 12.8 Å². The van der Waals surface area contributed by atoms with Gasteiger partial charge < -0.3 is 4.74 Å². The molecule has 0 N–H and O–H groups in total. The van der Waals surface area contributed by atoms with Crippen LogP contribution in [0.4, 0.5) is 0 Å². The lowest BCUT2D eigenvalue weighted by molar-refractivity contribution is -0.117. The third-order valence-corrected chi connectivity index (χ3v) is 3.24. The largest absolute Gasteiger partial charge is 0.496 e. The highest BCUT2D eigenvalue weighted by atomic mass is 16.5. The molecule has 0 bridgehead atoms. The van der Waals surface area contributed by atoms with E-state index in [-0.39, 0.29) is 5.78 Å². The summed E-state index contributed by atoms with van der Waals surface area (Å²) in [6.07, 6.45) is 5.86. The number of ketones is 1. The number of Topliss-reactive ketones (excluding diaryl/α,β-unsaturated/α-hetero) is 1. The predicted molar refractivity (Wildman–Crippen MR) is 76.9 cm³/mol. The summed E-state index contributed by atoms with van der Waals surface area (Å²) in [6, 6.07) is 3.74. The number of nitrogens with zero attached hydrogens (tertiary/aromatic N) is 2. The van der Waals surface area contributed by atoms with Crippen molar-refractivity contribution in [3.63, 3.8) is 0 Å². The van der Waals surface area contributed by atoms with Gasteiger partial charge in [0.25, 0.3) is 0 Å². The first-order chi connectivity index (χ1) is 9.61. The van der Waals surface area contributed by atoms with Crippen LogP contribution < -0.4 is 4.74 Å². The Balaban J connectivity index is 2.12. The fourth-order valence-electron chi connectivity index (χ4n) is 2.23. The van der Waals surface area contributed by atoms with E-state index in [1.54, 1.807) is 25.7 Å². The maximum Gasteiger partial charge on any atom is 0.143 e. The molecule has 104 valence electrons. The van der Waals surface area contributed by atoms with Crippen molar-refractivity contribution < 1.29 is 9.53 Å². The summed E-state index contributed by atoms with van der Waals surface area (Å²) in [5.41, 5.74) is 3.62. The Labute approximate surface area is 118 Å². The van der Waals surface area contributed by atoms with E-state index in [1.807, 2.05) is 26.0 Å². The lowest BCUT2D eigenvalue weighted by Gasteiger charge is -2.11. The SMILES string of the molecule is COc1c(C)cnc(CC(=O)Cc2cccnc2)c1C. The van der Waals surface area contributed by atoms with Gasteiger partial charge in [0.15, 0.2) is 0 Å². The van der Waals surface area contributed by atoms with Crippen LogP contribution in [0.5, 0.6) is 5.75 Å². The molecule has 0 unspecified atom stereocenters. The van der Waals surface area contributed by atoms with Gasteiger partial charge in [-0.25, -0.2) is 0 Å². The summed E-state index contributed by atoms with van der Waals surface area (Å²) in [5.74, 6) is 0.934. The van der Waals surface area contributed by atoms with Gasteiger partial charge in [-0.1, -0.05) is 6.07 Å². The maximum atomic E-state index is 12.1. The molecule has 0 atom stereocenters. The summed E-state index contributed by atoms with van der Waals surface area (Å²) < 4.78 is 5.35. The van der Waals surface area contributed by atoms with Crippen molar-refractivity contribution >= 4 is 5.78 Å². The van der Waals surface area contributed by atoms with Crippen LogP contribution >= 0.6 is 0 Å². The predicted octanol–water partition coefficient (Wildman–Crippen LogP) is 2.46. The Morgan fingerprint density at radius 3 is 2.70 bits per heavy atom. The number of carbonyl (C=O) groups excluding carboxylic acids is 1. The lowest BCUT2D eigenvalue weighted by atomic mass is 10.0. The Bertz CT molecular complexity index is 609. The van der Waals surface area contributed by atoms with Gasteiger partial charge >= 0.3 is 0 Å². The Morgan fingerprint density at radius 1 is 1.25 bits per heavy atom. The van der Waals surface area contributed by atoms with Crippen LogP contribution in [0.3, 0.4) is 0 Å². The molecule has 2 aromatic heterocycles. The molecule has 0 fully saturated rings. The highest BCUT2D eigenvalue weighted by Crippen LogP contribution is 2.24. The van der Waals surface area contributed by atoms with Crippen molar-refractivity contribution in [3.05, 3.63) is 53.1 Å². The Kier molecular flexibility index (Phi) is 4.45. The molecule has 0 aliphatic rings. The van der Waals surface area contributed by atoms with Crippen molar-refractivity contribution in [2.45, 2.75) is 26.7 Å². The van der Waals surface area contributed by atoms with Gasteiger partial charge in [-0.15, -0.1) is 0 Å². The zero-order valence-electron chi connectivity index (χ0n) is 12.0. The maximum absolute atomic E-state index is 12.1. The number of hydrogen-bond donors (Lipinski definition) is 0. The van der Waals surface area contributed by atoms with Crippen molar-refractivity contribution in [3.8, 4) is 5.75 Å². The first-order valence-electron chi connectivity index (χ1n) is 6.51. The molecule has 0 aliphatic heterocycles. The number of aryl methyl sites for hydroxylation is 1. The quantitative estimate of drug-likeness (QED) is 0.837. The van der Waals surface area contributed by atoms with Gasteiger partial charge in [0.1, 0.15) is 11.5 Å². The molecule has 0 aliphatic carbocycles. The number of aromatic nitrogens is 2. The molecule has 20 heavy (non-hydrogen) atoms. The highest BCUT2D eigenvalue weighted by molar-refractivity contribution is 5.83. The number of hydrogen-bond acceptors (Lipinski definition) is 4. The topological polar surface area (TPSA) is 52.1 Å². The van der Waals surface area contributed by atoms with Crippen LogP contribution in [-0.4, -0.2) is 22.9 Å². The standard InChI is InChI=1S/C16H18N2O2/c1-11-9-18-15(12(2)16(11)20-3)8-14(19)7-13-5-4-6-17-10-13/h4-6,9-10H,7-8H2,1-3H3. The molecule has 0 saturated carbocycles. The van der Waals surface area contributed by atoms with E-state index < -0.39 is 0 Å². The number of rotatable bonds is 5. The highest BCUT2D eigenvalue weighted by Gasteiger charge is 2.13. The lowest BCUT2D eigenvalue weighted by Crippen LogP contribution is -2.10. The second-order valence-corrected chi connectivity index (χ2v) is 4.80. The van der Waals surface area contributed by atoms with E-state index in [0.717, 1.165) is 28.1 Å². The Morgan fingerprint density at radius 2 is 2.05 bits per heavy atom. The summed E-state index contributed by atoms with van der Waals surface area (Å²) in [4.78, 5) is 20.5. The van der Waals surface area contributed by atoms with Crippen molar-refractivity contribution in [2.75, 3.05) is 7.11 Å². The monoisotopic (exact) mass is 270 g/mol. The van der Waals surface area contributed by atoms with Crippen molar-refractivity contribution in [1.29, 1.82) is 0 Å². The molecule has 4 heteroatoms. The summed E-state index contributed by atoms with van der Waals surface area (Å²) >= 11 is 0. The van der Waals surface area contributed by atoms with E-state index in [1.165, 1.54) is 0 Å². The van der Waals surface area contributed by atoms with E-state index in [4.69, 9.17) is 4.74 Å². The molecule has 0 aromatic carbocycles. The number of pyridine rings is 2. The molecule has 2 aromatic rings. The van der Waals surface area contributed by atoms with Crippen molar-refractivity contribution in [2.24, 2.45) is 0 Å². The fourth-order valence-corrected chi connectivity index (χ4v) is 2.23. The average molecular weight is 270 g/mol. The average Bonchev–Trinajstić information content (AvgIpc) is 2.44. The molecular weight excluding hydrogens is 252 g/mol. The fraction of sp³-hybridized carbons (Fsp3) is 0.312. The normalized spacial score (nSPS) is 10.3. The van der Waals surface area contributed by atoms with Crippen LogP contribution in [0, 0.1) is 13.8 Å². The first-order valence-corrected chi connectivity index (χ1v) is 6.51. The minimum absolute atomic E-state index is 0.125. The van der Waals surface area contributed by atoms with Crippen LogP contribution in [0.1, 0.15) is 22.4 Å². The zero-order valence-corrected chi connectivity index (χ0v) is 12.0. The molecule has 0 radical (unpaired) electrons. The van der Waals surface area contributed by atoms with Gasteiger partial charge in [0, 0.05) is 42.6 Å². The van der Waals surface area contributed by atoms with Gasteiger partial charge in [-0.05, 0) is 25.5 Å². The third-order valence-electron chi connectivity index (χ3n) is 3.24. The van der Waals surface area contributed by atoms with E-state index in [9.17, 15) is 4.79 Å². The number of methoxy groups -OCH3 is 1. The van der Waals surface area contributed by atoms with E-state index in [2.05, 4.69) is 9.97 Å². The van der Waals surface area contributed by atoms with Gasteiger partial charge in [-0.2, -0.15) is 0 Å². The minimum atomic E-state index is 0.125. The zero-order chi connectivity index (χ0) is 14.5. The van der Waals surface area contributed by atoms with Crippen LogP contribution in [0.2, 0.25) is 0 Å². The van der Waals surface area contributed by atoms with Gasteiger partial charge in [-0.3, -0.25) is 14.8 Å². The molecule has 2 rings (SSSR count). The van der Waals surface area contributed by atoms with E-state index >= 15 is 0 Å². The van der Waals surface area contributed by atoms with Crippen LogP contribution in [0.25, 0.3) is 0 Å². The van der Waals surface area contributed by atoms with Gasteiger partial charge in [0.05, 0.1) is 12.8 Å². The molecule has 4 nitrogen and oxygen atoms in total. The summed E-state index contributed by atoms with van der Waals surface area (Å²) in [6.45, 7) is 3.88. The summed E-state index contributed by atoms with van der Waals surface area (Å²) in [7, 11) is 1.64. The minimum Gasteiger partial charge on any atom is -0.496 e. The second kappa shape index (κ2) is 6.28. The van der Waals surface area contributed by atoms with Crippen molar-refractivity contribution in [1.82, 2.24) is 9.97 Å². The molecular formula is C16H18N2O2. The smallest absolute Gasteiger partial charge is 0.143 e. The summed E-state index contributed by atoms with van der Waals surface area (Å²) in [5, 5.41) is 0.